The van der Waals surface area contributed by atoms with Gasteiger partial charge in [0.25, 0.3) is 5.91 Å². The number of nitrogens with one attached hydrogen (secondary N) is 1. The van der Waals surface area contributed by atoms with Crippen LogP contribution in [0.4, 0.5) is 0 Å². The van der Waals surface area contributed by atoms with Crippen molar-refractivity contribution in [1.29, 1.82) is 0 Å². The van der Waals surface area contributed by atoms with Crippen LogP contribution in [0, 0.1) is 0 Å². The van der Waals surface area contributed by atoms with Crippen LogP contribution in [0.25, 0.3) is 0 Å². The molecule has 1 N–H and O–H groups in total. The lowest BCUT2D eigenvalue weighted by molar-refractivity contribution is -0.149. The van der Waals surface area contributed by atoms with E-state index in [4.69, 9.17) is 9.47 Å². The molecule has 1 saturated heterocycles. The monoisotopic (exact) mass is 353 g/mol. The number of hydrogen-bond acceptors (Lipinski definition) is 4. The van der Waals surface area contributed by atoms with Crippen LogP contribution in [0.2, 0.25) is 0 Å². The van der Waals surface area contributed by atoms with Crippen molar-refractivity contribution in [2.75, 3.05) is 19.8 Å². The van der Waals surface area contributed by atoms with Gasteiger partial charge >= 0.3 is 5.97 Å². The van der Waals surface area contributed by atoms with E-state index < -0.39 is 11.9 Å². The van der Waals surface area contributed by atoms with Crippen molar-refractivity contribution in [2.45, 2.75) is 24.9 Å². The summed E-state index contributed by atoms with van der Waals surface area (Å²) in [5, 5.41) is 2.76. The zero-order valence-corrected chi connectivity index (χ0v) is 14.6. The second-order valence-corrected chi connectivity index (χ2v) is 6.30. The number of amides is 1. The molecule has 0 bridgehead atoms. The number of carbonyl (C=O) groups is 2. The second kappa shape index (κ2) is 9.15. The summed E-state index contributed by atoms with van der Waals surface area (Å²) in [5.41, 5.74) is 1.67. The van der Waals surface area contributed by atoms with Crippen LogP contribution < -0.4 is 5.32 Å². The number of carbonyl (C=O) groups excluding carboxylic acids is 2. The van der Waals surface area contributed by atoms with Crippen LogP contribution in [0.15, 0.2) is 60.7 Å². The van der Waals surface area contributed by atoms with Gasteiger partial charge < -0.3 is 14.8 Å². The van der Waals surface area contributed by atoms with Crippen molar-refractivity contribution in [3.8, 4) is 0 Å². The summed E-state index contributed by atoms with van der Waals surface area (Å²) in [5.74, 6) is -1.30. The fourth-order valence-corrected chi connectivity index (χ4v) is 3.06. The maximum atomic E-state index is 12.7. The molecule has 5 heteroatoms. The fourth-order valence-electron chi connectivity index (χ4n) is 3.06. The standard InChI is InChI=1S/C21H23NO4/c23-19(22-14-18-12-7-13-25-18)15-26-21(24)20(16-8-3-1-4-9-16)17-10-5-2-6-11-17/h1-6,8-11,18,20H,7,12-15H2,(H,22,23)/t18-/m1/s1. The van der Waals surface area contributed by atoms with Crippen molar-refractivity contribution in [2.24, 2.45) is 0 Å². The highest BCUT2D eigenvalue weighted by atomic mass is 16.5. The third kappa shape index (κ3) is 4.92. The fraction of sp³-hybridized carbons (Fsp3) is 0.333. The predicted molar refractivity (Wildman–Crippen MR) is 97.7 cm³/mol. The Bertz CT molecular complexity index is 672. The summed E-state index contributed by atoms with van der Waals surface area (Å²) < 4.78 is 10.8. The predicted octanol–water partition coefficient (Wildman–Crippen LogP) is 2.66. The van der Waals surface area contributed by atoms with E-state index in [1.807, 2.05) is 60.7 Å². The van der Waals surface area contributed by atoms with Gasteiger partial charge in [-0.2, -0.15) is 0 Å². The molecule has 1 aliphatic heterocycles. The SMILES string of the molecule is O=C(COC(=O)C(c1ccccc1)c1ccccc1)NC[C@H]1CCCO1. The lowest BCUT2D eigenvalue weighted by Crippen LogP contribution is -2.35. The van der Waals surface area contributed by atoms with Gasteiger partial charge in [0.2, 0.25) is 0 Å². The molecule has 1 atom stereocenters. The van der Waals surface area contributed by atoms with E-state index in [1.165, 1.54) is 0 Å². The van der Waals surface area contributed by atoms with Gasteiger partial charge in [0.1, 0.15) is 5.92 Å². The molecule has 1 aliphatic rings. The first-order valence-corrected chi connectivity index (χ1v) is 8.89. The third-order valence-electron chi connectivity index (χ3n) is 4.40. The largest absolute Gasteiger partial charge is 0.455 e. The molecule has 3 rings (SSSR count). The summed E-state index contributed by atoms with van der Waals surface area (Å²) >= 11 is 0. The quantitative estimate of drug-likeness (QED) is 0.777. The Hall–Kier alpha value is -2.66. The number of hydrogen-bond donors (Lipinski definition) is 1. The number of rotatable bonds is 7. The summed E-state index contributed by atoms with van der Waals surface area (Å²) in [6, 6.07) is 18.9. The molecule has 1 fully saturated rings. The van der Waals surface area contributed by atoms with E-state index in [-0.39, 0.29) is 18.6 Å². The molecule has 1 amide bonds. The van der Waals surface area contributed by atoms with E-state index in [0.29, 0.717) is 6.54 Å². The third-order valence-corrected chi connectivity index (χ3v) is 4.40. The molecule has 0 aliphatic carbocycles. The lowest BCUT2D eigenvalue weighted by atomic mass is 9.91. The molecule has 0 saturated carbocycles. The van der Waals surface area contributed by atoms with E-state index in [2.05, 4.69) is 5.32 Å². The molecule has 2 aromatic rings. The minimum Gasteiger partial charge on any atom is -0.455 e. The molecule has 1 heterocycles. The van der Waals surface area contributed by atoms with Gasteiger partial charge in [-0.25, -0.2) is 0 Å². The highest BCUT2D eigenvalue weighted by Gasteiger charge is 2.25. The minimum atomic E-state index is -0.552. The van der Waals surface area contributed by atoms with Gasteiger partial charge in [-0.1, -0.05) is 60.7 Å². The van der Waals surface area contributed by atoms with Gasteiger partial charge in [0.05, 0.1) is 6.10 Å². The molecule has 0 unspecified atom stereocenters. The summed E-state index contributed by atoms with van der Waals surface area (Å²) in [7, 11) is 0. The molecule has 0 spiro atoms. The highest BCUT2D eigenvalue weighted by molar-refractivity contribution is 5.85. The van der Waals surface area contributed by atoms with Gasteiger partial charge in [-0.15, -0.1) is 0 Å². The Morgan fingerprint density at radius 2 is 1.65 bits per heavy atom. The summed E-state index contributed by atoms with van der Waals surface area (Å²) in [4.78, 5) is 24.6. The van der Waals surface area contributed by atoms with Crippen molar-refractivity contribution in [3.63, 3.8) is 0 Å². The van der Waals surface area contributed by atoms with Crippen LogP contribution in [-0.2, 0) is 19.1 Å². The average Bonchev–Trinajstić information content (AvgIpc) is 3.20. The molecule has 26 heavy (non-hydrogen) atoms. The van der Waals surface area contributed by atoms with Crippen molar-refractivity contribution < 1.29 is 19.1 Å². The van der Waals surface area contributed by atoms with E-state index in [9.17, 15) is 9.59 Å². The Kier molecular flexibility index (Phi) is 6.39. The number of ether oxygens (including phenoxy) is 2. The molecule has 2 aromatic carbocycles. The number of benzene rings is 2. The first-order chi connectivity index (χ1) is 12.7. The Balaban J connectivity index is 1.60. The maximum absolute atomic E-state index is 12.7. The van der Waals surface area contributed by atoms with Crippen LogP contribution in [0.3, 0.4) is 0 Å². The van der Waals surface area contributed by atoms with E-state index in [1.54, 1.807) is 0 Å². The van der Waals surface area contributed by atoms with Gasteiger partial charge in [0.15, 0.2) is 6.61 Å². The molecular weight excluding hydrogens is 330 g/mol. The number of esters is 1. The maximum Gasteiger partial charge on any atom is 0.318 e. The zero-order valence-electron chi connectivity index (χ0n) is 14.6. The first-order valence-electron chi connectivity index (χ1n) is 8.89. The normalized spacial score (nSPS) is 16.4. The van der Waals surface area contributed by atoms with Gasteiger partial charge in [-0.3, -0.25) is 9.59 Å². The molecule has 0 aromatic heterocycles. The average molecular weight is 353 g/mol. The molecular formula is C21H23NO4. The van der Waals surface area contributed by atoms with Crippen LogP contribution in [0.1, 0.15) is 29.9 Å². The highest BCUT2D eigenvalue weighted by Crippen LogP contribution is 2.25. The van der Waals surface area contributed by atoms with Gasteiger partial charge in [0, 0.05) is 13.2 Å². The zero-order chi connectivity index (χ0) is 18.2. The topological polar surface area (TPSA) is 64.6 Å². The molecule has 5 nitrogen and oxygen atoms in total. The second-order valence-electron chi connectivity index (χ2n) is 6.30. The molecule has 136 valence electrons. The molecule has 0 radical (unpaired) electrons. The Morgan fingerprint density at radius 3 is 2.19 bits per heavy atom. The smallest absolute Gasteiger partial charge is 0.318 e. The minimum absolute atomic E-state index is 0.0658. The Morgan fingerprint density at radius 1 is 1.04 bits per heavy atom. The van der Waals surface area contributed by atoms with Gasteiger partial charge in [-0.05, 0) is 24.0 Å². The van der Waals surface area contributed by atoms with Crippen molar-refractivity contribution >= 4 is 11.9 Å². The Labute approximate surface area is 153 Å². The van der Waals surface area contributed by atoms with E-state index in [0.717, 1.165) is 30.6 Å². The summed E-state index contributed by atoms with van der Waals surface area (Å²) in [6.45, 7) is 0.907. The van der Waals surface area contributed by atoms with Crippen molar-refractivity contribution in [3.05, 3.63) is 71.8 Å². The first kappa shape index (κ1) is 18.1. The van der Waals surface area contributed by atoms with Crippen LogP contribution in [0.5, 0.6) is 0 Å². The van der Waals surface area contributed by atoms with E-state index >= 15 is 0 Å². The van der Waals surface area contributed by atoms with Crippen LogP contribution >= 0.6 is 0 Å². The lowest BCUT2D eigenvalue weighted by Gasteiger charge is -2.17. The van der Waals surface area contributed by atoms with Crippen molar-refractivity contribution in [1.82, 2.24) is 5.32 Å². The summed E-state index contributed by atoms with van der Waals surface area (Å²) in [6.07, 6.45) is 2.03. The van der Waals surface area contributed by atoms with Crippen LogP contribution in [-0.4, -0.2) is 37.7 Å².